The van der Waals surface area contributed by atoms with Gasteiger partial charge >= 0.3 is 0 Å². The summed E-state index contributed by atoms with van der Waals surface area (Å²) in [6.45, 7) is 2.31. The SMILES string of the molecule is COCCNC(=O)CNC(=O)C(C)(N)c1ccc(Br)cc1. The smallest absolute Gasteiger partial charge is 0.244 e. The third-order valence-electron chi connectivity index (χ3n) is 2.95. The molecular weight excluding hydrogens is 338 g/mol. The second kappa shape index (κ2) is 8.11. The number of benzene rings is 1. The number of hydrogen-bond acceptors (Lipinski definition) is 4. The Balaban J connectivity index is 2.53. The summed E-state index contributed by atoms with van der Waals surface area (Å²) in [6, 6.07) is 7.15. The van der Waals surface area contributed by atoms with Crippen molar-refractivity contribution in [2.45, 2.75) is 12.5 Å². The van der Waals surface area contributed by atoms with E-state index in [1.165, 1.54) is 0 Å². The van der Waals surface area contributed by atoms with E-state index in [2.05, 4.69) is 26.6 Å². The minimum atomic E-state index is -1.20. The topological polar surface area (TPSA) is 93.5 Å². The summed E-state index contributed by atoms with van der Waals surface area (Å²) in [5.74, 6) is -0.696. The highest BCUT2D eigenvalue weighted by Crippen LogP contribution is 2.20. The predicted molar refractivity (Wildman–Crippen MR) is 83.6 cm³/mol. The molecule has 1 aromatic carbocycles. The van der Waals surface area contributed by atoms with Crippen molar-refractivity contribution < 1.29 is 14.3 Å². The van der Waals surface area contributed by atoms with E-state index in [-0.39, 0.29) is 12.5 Å². The molecule has 2 amide bonds. The quantitative estimate of drug-likeness (QED) is 0.619. The maximum absolute atomic E-state index is 12.1. The van der Waals surface area contributed by atoms with E-state index < -0.39 is 11.4 Å². The molecule has 1 aromatic rings. The fraction of sp³-hybridized carbons (Fsp3) is 0.429. The highest BCUT2D eigenvalue weighted by Gasteiger charge is 2.30. The molecule has 0 aliphatic carbocycles. The highest BCUT2D eigenvalue weighted by atomic mass is 79.9. The maximum Gasteiger partial charge on any atom is 0.244 e. The normalized spacial score (nSPS) is 13.3. The standard InChI is InChI=1S/C14H20BrN3O3/c1-14(16,10-3-5-11(15)6-4-10)13(20)18-9-12(19)17-7-8-21-2/h3-6H,7-9,16H2,1-2H3,(H,17,19)(H,18,20). The lowest BCUT2D eigenvalue weighted by molar-refractivity contribution is -0.129. The predicted octanol–water partition coefficient (Wildman–Crippen LogP) is 0.502. The molecule has 1 atom stereocenters. The molecule has 0 radical (unpaired) electrons. The van der Waals surface area contributed by atoms with Crippen molar-refractivity contribution in [3.05, 3.63) is 34.3 Å². The molecule has 21 heavy (non-hydrogen) atoms. The van der Waals surface area contributed by atoms with E-state index in [9.17, 15) is 9.59 Å². The van der Waals surface area contributed by atoms with Crippen LogP contribution in [0.25, 0.3) is 0 Å². The third-order valence-corrected chi connectivity index (χ3v) is 3.48. The number of nitrogens with two attached hydrogens (primary N) is 1. The number of halogens is 1. The number of nitrogens with one attached hydrogen (secondary N) is 2. The number of methoxy groups -OCH3 is 1. The molecule has 0 aromatic heterocycles. The molecule has 6 nitrogen and oxygen atoms in total. The monoisotopic (exact) mass is 357 g/mol. The van der Waals surface area contributed by atoms with Crippen LogP contribution in [0.3, 0.4) is 0 Å². The van der Waals surface area contributed by atoms with Crippen LogP contribution in [-0.4, -0.2) is 38.6 Å². The van der Waals surface area contributed by atoms with Gasteiger partial charge in [0.05, 0.1) is 13.2 Å². The number of carbonyl (C=O) groups excluding carboxylic acids is 2. The van der Waals surface area contributed by atoms with E-state index >= 15 is 0 Å². The lowest BCUT2D eigenvalue weighted by atomic mass is 9.92. The van der Waals surface area contributed by atoms with Gasteiger partial charge in [-0.3, -0.25) is 9.59 Å². The van der Waals surface area contributed by atoms with E-state index in [1.54, 1.807) is 26.2 Å². The van der Waals surface area contributed by atoms with Crippen molar-refractivity contribution in [1.29, 1.82) is 0 Å². The van der Waals surface area contributed by atoms with Crippen molar-refractivity contribution in [2.24, 2.45) is 5.73 Å². The molecule has 7 heteroatoms. The minimum Gasteiger partial charge on any atom is -0.383 e. The summed E-state index contributed by atoms with van der Waals surface area (Å²) in [4.78, 5) is 23.6. The zero-order chi connectivity index (χ0) is 15.9. The minimum absolute atomic E-state index is 0.119. The largest absolute Gasteiger partial charge is 0.383 e. The van der Waals surface area contributed by atoms with Crippen molar-refractivity contribution >= 4 is 27.7 Å². The molecule has 0 spiro atoms. The molecule has 0 heterocycles. The van der Waals surface area contributed by atoms with Gasteiger partial charge < -0.3 is 21.1 Å². The molecule has 1 rings (SSSR count). The van der Waals surface area contributed by atoms with Gasteiger partial charge in [-0.15, -0.1) is 0 Å². The van der Waals surface area contributed by atoms with Gasteiger partial charge in [0.1, 0.15) is 5.54 Å². The van der Waals surface area contributed by atoms with Crippen molar-refractivity contribution in [3.8, 4) is 0 Å². The fourth-order valence-corrected chi connectivity index (χ4v) is 1.89. The molecule has 0 aliphatic rings. The number of rotatable bonds is 7. The Morgan fingerprint density at radius 1 is 1.29 bits per heavy atom. The van der Waals surface area contributed by atoms with E-state index in [1.807, 2.05) is 12.1 Å². The summed E-state index contributed by atoms with van der Waals surface area (Å²) in [5, 5.41) is 5.15. The fourth-order valence-electron chi connectivity index (χ4n) is 1.63. The zero-order valence-corrected chi connectivity index (χ0v) is 13.7. The first-order valence-corrected chi connectivity index (χ1v) is 7.26. The Labute approximate surface area is 132 Å². The third kappa shape index (κ3) is 5.45. The average Bonchev–Trinajstić information content (AvgIpc) is 2.45. The molecule has 0 fully saturated rings. The molecule has 0 saturated carbocycles. The maximum atomic E-state index is 12.1. The van der Waals surface area contributed by atoms with Crippen molar-refractivity contribution in [1.82, 2.24) is 10.6 Å². The van der Waals surface area contributed by atoms with E-state index in [0.717, 1.165) is 4.47 Å². The van der Waals surface area contributed by atoms with Gasteiger partial charge in [-0.2, -0.15) is 0 Å². The van der Waals surface area contributed by atoms with Crippen molar-refractivity contribution in [2.75, 3.05) is 26.8 Å². The Morgan fingerprint density at radius 3 is 2.48 bits per heavy atom. The summed E-state index contributed by atoms with van der Waals surface area (Å²) < 4.78 is 5.72. The van der Waals surface area contributed by atoms with Gasteiger partial charge in [0.25, 0.3) is 0 Å². The van der Waals surface area contributed by atoms with Crippen LogP contribution in [0.2, 0.25) is 0 Å². The molecular formula is C14H20BrN3O3. The first-order chi connectivity index (χ1) is 9.87. The second-order valence-corrected chi connectivity index (χ2v) is 5.65. The van der Waals surface area contributed by atoms with E-state index in [4.69, 9.17) is 10.5 Å². The lowest BCUT2D eigenvalue weighted by Crippen LogP contribution is -2.51. The molecule has 116 valence electrons. The second-order valence-electron chi connectivity index (χ2n) is 4.73. The van der Waals surface area contributed by atoms with Crippen LogP contribution < -0.4 is 16.4 Å². The van der Waals surface area contributed by atoms with Gasteiger partial charge in [0.15, 0.2) is 0 Å². The van der Waals surface area contributed by atoms with Gasteiger partial charge in [-0.25, -0.2) is 0 Å². The van der Waals surface area contributed by atoms with Gasteiger partial charge in [0.2, 0.25) is 11.8 Å². The first-order valence-electron chi connectivity index (χ1n) is 6.46. The average molecular weight is 358 g/mol. The zero-order valence-electron chi connectivity index (χ0n) is 12.1. The van der Waals surface area contributed by atoms with Crippen LogP contribution in [0.5, 0.6) is 0 Å². The van der Waals surface area contributed by atoms with Crippen LogP contribution in [0, 0.1) is 0 Å². The van der Waals surface area contributed by atoms with Crippen LogP contribution in [-0.2, 0) is 19.9 Å². The van der Waals surface area contributed by atoms with E-state index in [0.29, 0.717) is 18.7 Å². The number of carbonyl (C=O) groups is 2. The summed E-state index contributed by atoms with van der Waals surface area (Å²) in [7, 11) is 1.55. The number of hydrogen-bond donors (Lipinski definition) is 3. The summed E-state index contributed by atoms with van der Waals surface area (Å²) in [6.07, 6.45) is 0. The summed E-state index contributed by atoms with van der Waals surface area (Å²) >= 11 is 3.32. The van der Waals surface area contributed by atoms with Crippen molar-refractivity contribution in [3.63, 3.8) is 0 Å². The summed E-state index contributed by atoms with van der Waals surface area (Å²) in [5.41, 5.74) is 5.53. The molecule has 0 aliphatic heterocycles. The van der Waals surface area contributed by atoms with Crippen LogP contribution in [0.1, 0.15) is 12.5 Å². The van der Waals surface area contributed by atoms with Gasteiger partial charge in [-0.1, -0.05) is 28.1 Å². The van der Waals surface area contributed by atoms with Crippen LogP contribution in [0.15, 0.2) is 28.7 Å². The number of ether oxygens (including phenoxy) is 1. The Kier molecular flexibility index (Phi) is 6.80. The highest BCUT2D eigenvalue weighted by molar-refractivity contribution is 9.10. The first kappa shape index (κ1) is 17.6. The molecule has 0 bridgehead atoms. The van der Waals surface area contributed by atoms with Gasteiger partial charge in [0, 0.05) is 18.1 Å². The number of amides is 2. The van der Waals surface area contributed by atoms with Crippen LogP contribution in [0.4, 0.5) is 0 Å². The Hall–Kier alpha value is -1.44. The molecule has 4 N–H and O–H groups in total. The lowest BCUT2D eigenvalue weighted by Gasteiger charge is -2.24. The Morgan fingerprint density at radius 2 is 1.90 bits per heavy atom. The van der Waals surface area contributed by atoms with Gasteiger partial charge in [-0.05, 0) is 24.6 Å². The Bertz CT molecular complexity index is 489. The van der Waals surface area contributed by atoms with Crippen LogP contribution >= 0.6 is 15.9 Å². The molecule has 0 saturated heterocycles. The molecule has 1 unspecified atom stereocenters.